The Morgan fingerprint density at radius 3 is 2.24 bits per heavy atom. The molecule has 0 spiro atoms. The first kappa shape index (κ1) is 22.0. The van der Waals surface area contributed by atoms with Gasteiger partial charge in [-0.25, -0.2) is 4.99 Å². The first-order valence-electron chi connectivity index (χ1n) is 10.3. The van der Waals surface area contributed by atoms with E-state index in [1.54, 1.807) is 0 Å². The van der Waals surface area contributed by atoms with Gasteiger partial charge in [-0.1, -0.05) is 63.3 Å². The SMILES string of the molecule is CCCCC/C=C/C/C=C\CCCCCCCC1=N[C@@](C)(CO)CO1. The Labute approximate surface area is 155 Å². The molecule has 0 aromatic heterocycles. The number of hydrogen-bond acceptors (Lipinski definition) is 3. The van der Waals surface area contributed by atoms with Crippen molar-refractivity contribution in [3.05, 3.63) is 24.3 Å². The molecule has 0 amide bonds. The number of nitrogens with zero attached hydrogens (tertiary/aromatic N) is 1. The summed E-state index contributed by atoms with van der Waals surface area (Å²) in [7, 11) is 0. The average Bonchev–Trinajstić information content (AvgIpc) is 3.00. The van der Waals surface area contributed by atoms with Crippen LogP contribution in [0.3, 0.4) is 0 Å². The molecule has 1 rings (SSSR count). The Morgan fingerprint density at radius 2 is 1.60 bits per heavy atom. The summed E-state index contributed by atoms with van der Waals surface area (Å²) in [6, 6.07) is 0. The Balaban J connectivity index is 1.87. The van der Waals surface area contributed by atoms with Crippen LogP contribution in [0.2, 0.25) is 0 Å². The average molecular weight is 350 g/mol. The summed E-state index contributed by atoms with van der Waals surface area (Å²) >= 11 is 0. The van der Waals surface area contributed by atoms with Gasteiger partial charge in [0.2, 0.25) is 0 Å². The summed E-state index contributed by atoms with van der Waals surface area (Å²) in [5.41, 5.74) is -0.396. The summed E-state index contributed by atoms with van der Waals surface area (Å²) in [6.07, 6.45) is 23.9. The van der Waals surface area contributed by atoms with Crippen LogP contribution in [-0.4, -0.2) is 29.8 Å². The topological polar surface area (TPSA) is 41.8 Å². The van der Waals surface area contributed by atoms with Gasteiger partial charge in [0, 0.05) is 6.42 Å². The first-order chi connectivity index (χ1) is 12.2. The number of hydrogen-bond donors (Lipinski definition) is 1. The molecule has 1 N–H and O–H groups in total. The zero-order valence-corrected chi connectivity index (χ0v) is 16.5. The van der Waals surface area contributed by atoms with Gasteiger partial charge in [-0.15, -0.1) is 0 Å². The molecule has 1 aliphatic heterocycles. The van der Waals surface area contributed by atoms with Crippen molar-refractivity contribution >= 4 is 5.90 Å². The monoisotopic (exact) mass is 349 g/mol. The molecular weight excluding hydrogens is 310 g/mol. The fraction of sp³-hybridized carbons (Fsp3) is 0.773. The molecule has 0 bridgehead atoms. The van der Waals surface area contributed by atoms with Crippen molar-refractivity contribution in [1.82, 2.24) is 0 Å². The predicted octanol–water partition coefficient (Wildman–Crippen LogP) is 5.98. The highest BCUT2D eigenvalue weighted by Gasteiger charge is 2.30. The third-order valence-corrected chi connectivity index (χ3v) is 4.63. The van der Waals surface area contributed by atoms with E-state index in [1.807, 2.05) is 6.92 Å². The number of aliphatic imine (C=N–C) groups is 1. The van der Waals surface area contributed by atoms with Gasteiger partial charge in [0.05, 0.1) is 6.61 Å². The molecule has 0 saturated carbocycles. The molecule has 3 heteroatoms. The van der Waals surface area contributed by atoms with Crippen LogP contribution in [0.5, 0.6) is 0 Å². The molecule has 0 aliphatic carbocycles. The minimum absolute atomic E-state index is 0.0681. The lowest BCUT2D eigenvalue weighted by atomic mass is 10.1. The summed E-state index contributed by atoms with van der Waals surface area (Å²) < 4.78 is 5.55. The van der Waals surface area contributed by atoms with Crippen LogP contribution in [0.25, 0.3) is 0 Å². The molecule has 1 aliphatic rings. The van der Waals surface area contributed by atoms with Gasteiger partial charge >= 0.3 is 0 Å². The highest BCUT2D eigenvalue weighted by Crippen LogP contribution is 2.20. The maximum Gasteiger partial charge on any atom is 0.184 e. The van der Waals surface area contributed by atoms with Crippen molar-refractivity contribution in [3.8, 4) is 0 Å². The summed E-state index contributed by atoms with van der Waals surface area (Å²) in [6.45, 7) is 4.78. The standard InChI is InChI=1S/C22H39NO2/c1-3-4-5-6-7-8-9-10-11-12-13-14-15-16-17-18-21-23-22(2,19-24)20-25-21/h7-8,10-11,24H,3-6,9,12-20H2,1-2H3/b8-7+,11-10-/t22-/m0/s1. The Bertz CT molecular complexity index is 414. The smallest absolute Gasteiger partial charge is 0.184 e. The van der Waals surface area contributed by atoms with Crippen molar-refractivity contribution in [2.75, 3.05) is 13.2 Å². The second-order valence-corrected chi connectivity index (χ2v) is 7.43. The van der Waals surface area contributed by atoms with Gasteiger partial charge < -0.3 is 9.84 Å². The van der Waals surface area contributed by atoms with E-state index in [9.17, 15) is 5.11 Å². The first-order valence-corrected chi connectivity index (χ1v) is 10.3. The van der Waals surface area contributed by atoms with E-state index in [0.29, 0.717) is 6.61 Å². The van der Waals surface area contributed by atoms with Crippen LogP contribution in [-0.2, 0) is 4.74 Å². The molecule has 1 atom stereocenters. The highest BCUT2D eigenvalue weighted by atomic mass is 16.5. The minimum Gasteiger partial charge on any atom is -0.478 e. The zero-order chi connectivity index (χ0) is 18.2. The van der Waals surface area contributed by atoms with Gasteiger partial charge in [-0.2, -0.15) is 0 Å². The van der Waals surface area contributed by atoms with E-state index < -0.39 is 5.54 Å². The van der Waals surface area contributed by atoms with Crippen LogP contribution in [0.1, 0.15) is 90.9 Å². The largest absolute Gasteiger partial charge is 0.478 e. The van der Waals surface area contributed by atoms with Gasteiger partial charge in [0.25, 0.3) is 0 Å². The van der Waals surface area contributed by atoms with Crippen molar-refractivity contribution in [2.24, 2.45) is 4.99 Å². The summed E-state index contributed by atoms with van der Waals surface area (Å²) in [5.74, 6) is 0.835. The molecule has 3 nitrogen and oxygen atoms in total. The maximum atomic E-state index is 9.25. The number of rotatable bonds is 15. The number of aliphatic hydroxyl groups is 1. The third-order valence-electron chi connectivity index (χ3n) is 4.63. The Hall–Kier alpha value is -1.09. The lowest BCUT2D eigenvalue weighted by Gasteiger charge is -2.12. The van der Waals surface area contributed by atoms with E-state index in [1.165, 1.54) is 57.8 Å². The van der Waals surface area contributed by atoms with Crippen LogP contribution in [0, 0.1) is 0 Å². The molecule has 0 aromatic carbocycles. The van der Waals surface area contributed by atoms with Crippen LogP contribution in [0.4, 0.5) is 0 Å². The van der Waals surface area contributed by atoms with E-state index in [4.69, 9.17) is 4.74 Å². The lowest BCUT2D eigenvalue weighted by Crippen LogP contribution is -2.28. The third kappa shape index (κ3) is 11.2. The molecule has 0 radical (unpaired) electrons. The molecule has 1 heterocycles. The van der Waals surface area contributed by atoms with E-state index >= 15 is 0 Å². The number of unbranched alkanes of at least 4 members (excludes halogenated alkanes) is 8. The maximum absolute atomic E-state index is 9.25. The molecular formula is C22H39NO2. The molecule has 0 unspecified atom stereocenters. The van der Waals surface area contributed by atoms with Crippen LogP contribution >= 0.6 is 0 Å². The number of ether oxygens (including phenoxy) is 1. The molecule has 144 valence electrons. The molecule has 0 aromatic rings. The fourth-order valence-corrected chi connectivity index (χ4v) is 2.90. The normalized spacial score (nSPS) is 20.5. The summed E-state index contributed by atoms with van der Waals surface area (Å²) in [4.78, 5) is 4.47. The quantitative estimate of drug-likeness (QED) is 0.292. The molecule has 0 saturated heterocycles. The highest BCUT2D eigenvalue weighted by molar-refractivity contribution is 5.78. The Kier molecular flexibility index (Phi) is 12.4. The number of aliphatic hydroxyl groups excluding tert-OH is 1. The fourth-order valence-electron chi connectivity index (χ4n) is 2.90. The molecule has 0 fully saturated rings. The lowest BCUT2D eigenvalue weighted by molar-refractivity contribution is 0.169. The molecule has 25 heavy (non-hydrogen) atoms. The van der Waals surface area contributed by atoms with Crippen LogP contribution in [0.15, 0.2) is 29.3 Å². The van der Waals surface area contributed by atoms with Crippen molar-refractivity contribution in [3.63, 3.8) is 0 Å². The van der Waals surface area contributed by atoms with Gasteiger partial charge in [-0.3, -0.25) is 0 Å². The van der Waals surface area contributed by atoms with E-state index in [0.717, 1.165) is 25.2 Å². The summed E-state index contributed by atoms with van der Waals surface area (Å²) in [5, 5.41) is 9.25. The van der Waals surface area contributed by atoms with Crippen molar-refractivity contribution in [1.29, 1.82) is 0 Å². The Morgan fingerprint density at radius 1 is 0.960 bits per heavy atom. The van der Waals surface area contributed by atoms with Gasteiger partial charge in [0.1, 0.15) is 12.1 Å². The van der Waals surface area contributed by atoms with Crippen molar-refractivity contribution < 1.29 is 9.84 Å². The van der Waals surface area contributed by atoms with E-state index in [2.05, 4.69) is 36.2 Å². The van der Waals surface area contributed by atoms with Crippen LogP contribution < -0.4 is 0 Å². The zero-order valence-electron chi connectivity index (χ0n) is 16.5. The second kappa shape index (κ2) is 14.1. The van der Waals surface area contributed by atoms with Gasteiger partial charge in [-0.05, 0) is 45.4 Å². The minimum atomic E-state index is -0.396. The van der Waals surface area contributed by atoms with Gasteiger partial charge in [0.15, 0.2) is 5.90 Å². The second-order valence-electron chi connectivity index (χ2n) is 7.43. The number of allylic oxidation sites excluding steroid dienone is 4. The predicted molar refractivity (Wildman–Crippen MR) is 108 cm³/mol. The van der Waals surface area contributed by atoms with E-state index in [-0.39, 0.29) is 6.61 Å². The van der Waals surface area contributed by atoms with Crippen molar-refractivity contribution in [2.45, 2.75) is 96.4 Å².